The number of nitrogens with zero attached hydrogens (tertiary/aromatic N) is 2. The van der Waals surface area contributed by atoms with Crippen molar-refractivity contribution in [2.75, 3.05) is 0 Å². The van der Waals surface area contributed by atoms with Crippen molar-refractivity contribution in [2.45, 2.75) is 0 Å². The highest BCUT2D eigenvalue weighted by Gasteiger charge is 2.24. The van der Waals surface area contributed by atoms with E-state index in [1.165, 1.54) is 75.7 Å². The smallest absolute Gasteiger partial charge is 0.160 e. The van der Waals surface area contributed by atoms with Gasteiger partial charge in [0.15, 0.2) is 5.58 Å². The van der Waals surface area contributed by atoms with Crippen LogP contribution >= 0.6 is 0 Å². The van der Waals surface area contributed by atoms with Gasteiger partial charge in [-0.1, -0.05) is 140 Å². The van der Waals surface area contributed by atoms with Crippen molar-refractivity contribution in [3.63, 3.8) is 0 Å². The number of fused-ring (bicyclic) bond motifs is 20. The van der Waals surface area contributed by atoms with Crippen molar-refractivity contribution in [2.24, 2.45) is 0 Å². The average molecular weight is 699 g/mol. The number of hydrogen-bond donors (Lipinski definition) is 0. The Morgan fingerprint density at radius 1 is 0.291 bits per heavy atom. The Balaban J connectivity index is 1.14. The molecule has 0 fully saturated rings. The fourth-order valence-corrected chi connectivity index (χ4v) is 9.86. The summed E-state index contributed by atoms with van der Waals surface area (Å²) in [4.78, 5) is 0. The van der Waals surface area contributed by atoms with Crippen LogP contribution in [0.3, 0.4) is 0 Å². The third kappa shape index (κ3) is 3.74. The molecule has 55 heavy (non-hydrogen) atoms. The molecule has 0 spiro atoms. The normalized spacial score (nSPS) is 12.4. The third-order valence-electron chi connectivity index (χ3n) is 12.0. The molecule has 13 aromatic rings. The van der Waals surface area contributed by atoms with Crippen LogP contribution in [0.5, 0.6) is 0 Å². The summed E-state index contributed by atoms with van der Waals surface area (Å²) in [5, 5.41) is 17.4. The predicted octanol–water partition coefficient (Wildman–Crippen LogP) is 14.4. The molecular weight excluding hydrogens is 669 g/mol. The molecule has 0 radical (unpaired) electrons. The van der Waals surface area contributed by atoms with Crippen molar-refractivity contribution in [3.8, 4) is 11.4 Å². The molecule has 254 valence electrons. The monoisotopic (exact) mass is 698 g/mol. The van der Waals surface area contributed by atoms with Crippen LogP contribution in [-0.2, 0) is 0 Å². The van der Waals surface area contributed by atoms with Gasteiger partial charge in [-0.15, -0.1) is 0 Å². The number of furan rings is 1. The average Bonchev–Trinajstić information content (AvgIpc) is 3.93. The fourth-order valence-electron chi connectivity index (χ4n) is 9.86. The maximum atomic E-state index is 6.83. The highest BCUT2D eigenvalue weighted by atomic mass is 16.3. The second kappa shape index (κ2) is 10.6. The van der Waals surface area contributed by atoms with Gasteiger partial charge in [-0.25, -0.2) is 0 Å². The molecule has 3 aromatic heterocycles. The lowest BCUT2D eigenvalue weighted by Crippen LogP contribution is -1.98. The van der Waals surface area contributed by atoms with Crippen LogP contribution in [0.1, 0.15) is 0 Å². The Bertz CT molecular complexity index is 3760. The molecule has 0 saturated heterocycles. The molecule has 0 unspecified atom stereocenters. The molecule has 10 aromatic carbocycles. The van der Waals surface area contributed by atoms with E-state index in [-0.39, 0.29) is 0 Å². The van der Waals surface area contributed by atoms with Gasteiger partial charge in [0.25, 0.3) is 0 Å². The van der Waals surface area contributed by atoms with E-state index in [0.717, 1.165) is 44.3 Å². The van der Waals surface area contributed by atoms with Gasteiger partial charge < -0.3 is 13.6 Å². The van der Waals surface area contributed by atoms with E-state index >= 15 is 0 Å². The van der Waals surface area contributed by atoms with Crippen molar-refractivity contribution in [1.82, 2.24) is 9.13 Å². The second-order valence-corrected chi connectivity index (χ2v) is 14.8. The van der Waals surface area contributed by atoms with Gasteiger partial charge in [0.2, 0.25) is 0 Å². The van der Waals surface area contributed by atoms with Gasteiger partial charge in [0.1, 0.15) is 5.58 Å². The number of para-hydroxylation sites is 3. The topological polar surface area (TPSA) is 23.0 Å². The first-order valence-electron chi connectivity index (χ1n) is 18.9. The molecular formula is C52H30N2O. The number of benzene rings is 10. The third-order valence-corrected chi connectivity index (χ3v) is 12.0. The summed E-state index contributed by atoms with van der Waals surface area (Å²) in [5.74, 6) is 0. The zero-order chi connectivity index (χ0) is 35.8. The van der Waals surface area contributed by atoms with E-state index in [9.17, 15) is 0 Å². The van der Waals surface area contributed by atoms with E-state index in [1.807, 2.05) is 0 Å². The van der Waals surface area contributed by atoms with E-state index < -0.39 is 0 Å². The summed E-state index contributed by atoms with van der Waals surface area (Å²) in [6.07, 6.45) is 0. The Morgan fingerprint density at radius 2 is 0.745 bits per heavy atom. The predicted molar refractivity (Wildman–Crippen MR) is 232 cm³/mol. The molecule has 0 aliphatic heterocycles. The van der Waals surface area contributed by atoms with Gasteiger partial charge in [-0.2, -0.15) is 0 Å². The Labute approximate surface area is 314 Å². The zero-order valence-electron chi connectivity index (χ0n) is 29.6. The van der Waals surface area contributed by atoms with Crippen LogP contribution in [0.2, 0.25) is 0 Å². The van der Waals surface area contributed by atoms with Crippen molar-refractivity contribution in [3.05, 3.63) is 182 Å². The highest BCUT2D eigenvalue weighted by Crippen LogP contribution is 2.47. The minimum atomic E-state index is 0.904. The fraction of sp³-hybridized carbons (Fsp3) is 0. The van der Waals surface area contributed by atoms with Crippen molar-refractivity contribution >= 4 is 109 Å². The van der Waals surface area contributed by atoms with Crippen LogP contribution in [0.4, 0.5) is 0 Å². The summed E-state index contributed by atoms with van der Waals surface area (Å²) >= 11 is 0. The minimum absolute atomic E-state index is 0.904. The molecule has 0 N–H and O–H groups in total. The summed E-state index contributed by atoms with van der Waals surface area (Å²) in [7, 11) is 0. The van der Waals surface area contributed by atoms with Gasteiger partial charge >= 0.3 is 0 Å². The van der Waals surface area contributed by atoms with E-state index in [4.69, 9.17) is 4.42 Å². The second-order valence-electron chi connectivity index (χ2n) is 14.8. The molecule has 3 nitrogen and oxygen atoms in total. The summed E-state index contributed by atoms with van der Waals surface area (Å²) < 4.78 is 11.7. The number of hydrogen-bond acceptors (Lipinski definition) is 1. The quantitative estimate of drug-likeness (QED) is 0.165. The molecule has 13 rings (SSSR count). The van der Waals surface area contributed by atoms with Crippen LogP contribution in [0.25, 0.3) is 120 Å². The molecule has 0 bridgehead atoms. The molecule has 3 heterocycles. The zero-order valence-corrected chi connectivity index (χ0v) is 29.6. The van der Waals surface area contributed by atoms with Gasteiger partial charge in [-0.05, 0) is 80.2 Å². The van der Waals surface area contributed by atoms with Crippen LogP contribution < -0.4 is 0 Å². The van der Waals surface area contributed by atoms with E-state index in [1.54, 1.807) is 0 Å². The van der Waals surface area contributed by atoms with Crippen molar-refractivity contribution in [1.29, 1.82) is 0 Å². The molecule has 3 heteroatoms. The highest BCUT2D eigenvalue weighted by molar-refractivity contribution is 6.37. The minimum Gasteiger partial charge on any atom is -0.454 e. The Kier molecular flexibility index (Phi) is 5.63. The van der Waals surface area contributed by atoms with Gasteiger partial charge in [0, 0.05) is 49.1 Å². The Morgan fingerprint density at radius 3 is 1.38 bits per heavy atom. The summed E-state index contributed by atoms with van der Waals surface area (Å²) in [5.41, 5.74) is 8.73. The van der Waals surface area contributed by atoms with Crippen molar-refractivity contribution < 1.29 is 4.42 Å². The SMILES string of the molecule is c1ccc2c(c1)ccc1c2c2ccccc2c2c3ccccc3n(-c3ccc(-n4c5ccccc5c5c6ccccc6c6c7ccccc7oc6c54)cc3)c12. The molecule has 0 saturated carbocycles. The van der Waals surface area contributed by atoms with Gasteiger partial charge in [0.05, 0.1) is 22.1 Å². The number of aromatic nitrogens is 2. The van der Waals surface area contributed by atoms with E-state index in [0.29, 0.717) is 0 Å². The summed E-state index contributed by atoms with van der Waals surface area (Å²) in [6, 6.07) is 66.3. The Hall–Kier alpha value is -7.36. The largest absolute Gasteiger partial charge is 0.454 e. The molecule has 0 amide bonds. The lowest BCUT2D eigenvalue weighted by Gasteiger charge is -2.15. The molecule has 0 aliphatic rings. The van der Waals surface area contributed by atoms with E-state index in [2.05, 4.69) is 191 Å². The number of rotatable bonds is 2. The standard InChI is InChI=1S/C52H30N2O/c1-2-14-34-31(13-1)25-30-42-46(34)35-15-3-4-16-36(35)47-39-19-7-10-22-43(39)53(50(42)47)32-26-28-33(29-27-32)54-44-23-11-8-20-40(44)48-37-17-5-6-18-38(37)49-41-21-9-12-24-45(41)55-52(49)51(48)54/h1-30H. The summed E-state index contributed by atoms with van der Waals surface area (Å²) in [6.45, 7) is 0. The molecule has 0 atom stereocenters. The lowest BCUT2D eigenvalue weighted by molar-refractivity contribution is 0.671. The molecule has 0 aliphatic carbocycles. The van der Waals surface area contributed by atoms with Crippen LogP contribution in [0, 0.1) is 0 Å². The maximum absolute atomic E-state index is 6.83. The van der Waals surface area contributed by atoms with Crippen LogP contribution in [-0.4, -0.2) is 9.13 Å². The maximum Gasteiger partial charge on any atom is 0.160 e. The first-order chi connectivity index (χ1) is 27.3. The van der Waals surface area contributed by atoms with Gasteiger partial charge in [-0.3, -0.25) is 0 Å². The van der Waals surface area contributed by atoms with Crippen LogP contribution in [0.15, 0.2) is 186 Å². The first kappa shape index (κ1) is 29.1. The first-order valence-corrected chi connectivity index (χ1v) is 18.9. The lowest BCUT2D eigenvalue weighted by atomic mass is 9.93.